The molecule has 0 saturated heterocycles. The molecule has 0 saturated carbocycles. The number of nitrogens with one attached hydrogen (secondary N) is 4. The van der Waals surface area contributed by atoms with Crippen molar-refractivity contribution < 1.29 is 27.5 Å². The summed E-state index contributed by atoms with van der Waals surface area (Å²) in [5.41, 5.74) is 5.01. The van der Waals surface area contributed by atoms with E-state index in [9.17, 15) is 22.8 Å². The standard InChI is InChI=1S/C22H28N4O6S/c1-16(27)23-14-5-3-4-9-21(28)24-25-22(29)17-7-6-8-20(15-17)33(30,31)26-18-10-12-19(32-2)13-11-18/h6-8,10-13,15,26H,3-5,9,14H2,1-2H3,(H,23,27)(H,24,28)(H,25,29). The number of anilines is 1. The highest BCUT2D eigenvalue weighted by atomic mass is 32.2. The van der Waals surface area contributed by atoms with Gasteiger partial charge in [-0.15, -0.1) is 0 Å². The first kappa shape index (κ1) is 25.7. The number of ether oxygens (including phenoxy) is 1. The fourth-order valence-electron chi connectivity index (χ4n) is 2.79. The molecular weight excluding hydrogens is 448 g/mol. The van der Waals surface area contributed by atoms with Crippen LogP contribution in [0.25, 0.3) is 0 Å². The smallest absolute Gasteiger partial charge is 0.269 e. The molecule has 4 N–H and O–H groups in total. The summed E-state index contributed by atoms with van der Waals surface area (Å²) in [6.45, 7) is 2.00. The van der Waals surface area contributed by atoms with Crippen LogP contribution >= 0.6 is 0 Å². The summed E-state index contributed by atoms with van der Waals surface area (Å²) in [5.74, 6) is -0.518. The fourth-order valence-corrected chi connectivity index (χ4v) is 3.89. The third kappa shape index (κ3) is 8.81. The molecule has 2 rings (SSSR count). The second-order valence-electron chi connectivity index (χ2n) is 7.16. The van der Waals surface area contributed by atoms with Crippen molar-refractivity contribution in [1.82, 2.24) is 16.2 Å². The zero-order valence-electron chi connectivity index (χ0n) is 18.5. The van der Waals surface area contributed by atoms with Crippen LogP contribution in [0.15, 0.2) is 53.4 Å². The Morgan fingerprint density at radius 1 is 0.939 bits per heavy atom. The van der Waals surface area contributed by atoms with Gasteiger partial charge in [0, 0.05) is 31.1 Å². The van der Waals surface area contributed by atoms with E-state index < -0.39 is 15.9 Å². The van der Waals surface area contributed by atoms with E-state index in [4.69, 9.17) is 4.74 Å². The molecular formula is C22H28N4O6S. The Kier molecular flexibility index (Phi) is 9.67. The maximum Gasteiger partial charge on any atom is 0.269 e. The number of amides is 3. The molecule has 2 aromatic rings. The van der Waals surface area contributed by atoms with Gasteiger partial charge in [0.05, 0.1) is 12.0 Å². The molecule has 178 valence electrons. The quantitative estimate of drug-likeness (QED) is 0.288. The van der Waals surface area contributed by atoms with E-state index in [0.29, 0.717) is 24.4 Å². The Hall–Kier alpha value is -3.60. The second-order valence-corrected chi connectivity index (χ2v) is 8.84. The topological polar surface area (TPSA) is 143 Å². The highest BCUT2D eigenvalue weighted by Crippen LogP contribution is 2.20. The highest BCUT2D eigenvalue weighted by Gasteiger charge is 2.17. The molecule has 0 bridgehead atoms. The van der Waals surface area contributed by atoms with Crippen molar-refractivity contribution in [2.24, 2.45) is 0 Å². The van der Waals surface area contributed by atoms with Crippen molar-refractivity contribution in [2.75, 3.05) is 18.4 Å². The van der Waals surface area contributed by atoms with Crippen LogP contribution in [0.3, 0.4) is 0 Å². The minimum atomic E-state index is -3.93. The SMILES string of the molecule is COc1ccc(NS(=O)(=O)c2cccc(C(=O)NNC(=O)CCCCCNC(C)=O)c2)cc1. The van der Waals surface area contributed by atoms with Gasteiger partial charge in [-0.25, -0.2) is 8.42 Å². The van der Waals surface area contributed by atoms with Gasteiger partial charge in [-0.3, -0.25) is 30.0 Å². The average molecular weight is 477 g/mol. The van der Waals surface area contributed by atoms with E-state index in [2.05, 4.69) is 20.9 Å². The summed E-state index contributed by atoms with van der Waals surface area (Å²) in [4.78, 5) is 34.9. The number of sulfonamides is 1. The number of rotatable bonds is 11. The number of benzene rings is 2. The number of hydrogen-bond acceptors (Lipinski definition) is 6. The Morgan fingerprint density at radius 2 is 1.67 bits per heavy atom. The van der Waals surface area contributed by atoms with Crippen molar-refractivity contribution in [3.8, 4) is 5.75 Å². The van der Waals surface area contributed by atoms with Crippen LogP contribution in [0.5, 0.6) is 5.75 Å². The molecule has 33 heavy (non-hydrogen) atoms. The zero-order chi connectivity index (χ0) is 24.3. The lowest BCUT2D eigenvalue weighted by Crippen LogP contribution is -2.41. The van der Waals surface area contributed by atoms with Crippen LogP contribution in [0.4, 0.5) is 5.69 Å². The Morgan fingerprint density at radius 3 is 2.33 bits per heavy atom. The number of hydrazine groups is 1. The van der Waals surface area contributed by atoms with Crippen molar-refractivity contribution in [1.29, 1.82) is 0 Å². The molecule has 10 nitrogen and oxygen atoms in total. The minimum absolute atomic E-state index is 0.0724. The molecule has 0 fully saturated rings. The van der Waals surface area contributed by atoms with Crippen molar-refractivity contribution in [3.05, 3.63) is 54.1 Å². The summed E-state index contributed by atoms with van der Waals surface area (Å²) in [6.07, 6.45) is 2.32. The molecule has 2 aromatic carbocycles. The lowest BCUT2D eigenvalue weighted by molar-refractivity contribution is -0.122. The zero-order valence-corrected chi connectivity index (χ0v) is 19.3. The predicted molar refractivity (Wildman–Crippen MR) is 123 cm³/mol. The molecule has 0 spiro atoms. The number of unbranched alkanes of at least 4 members (excludes halogenated alkanes) is 2. The molecule has 0 radical (unpaired) electrons. The Labute approximate surface area is 193 Å². The Balaban J connectivity index is 1.86. The van der Waals surface area contributed by atoms with E-state index >= 15 is 0 Å². The number of hydrogen-bond donors (Lipinski definition) is 4. The normalized spacial score (nSPS) is 10.7. The van der Waals surface area contributed by atoms with Gasteiger partial charge in [0.15, 0.2) is 0 Å². The summed E-state index contributed by atoms with van der Waals surface area (Å²) < 4.78 is 32.8. The highest BCUT2D eigenvalue weighted by molar-refractivity contribution is 7.92. The van der Waals surface area contributed by atoms with Gasteiger partial charge >= 0.3 is 0 Å². The molecule has 0 aromatic heterocycles. The van der Waals surface area contributed by atoms with E-state index in [0.717, 1.165) is 12.8 Å². The van der Waals surface area contributed by atoms with Gasteiger partial charge in [0.2, 0.25) is 11.8 Å². The molecule has 0 aliphatic heterocycles. The van der Waals surface area contributed by atoms with Crippen LogP contribution in [0.1, 0.15) is 43.0 Å². The molecule has 0 aliphatic rings. The number of carbonyl (C=O) groups is 3. The van der Waals surface area contributed by atoms with E-state index in [-0.39, 0.29) is 28.7 Å². The first-order valence-corrected chi connectivity index (χ1v) is 11.8. The summed E-state index contributed by atoms with van der Waals surface area (Å²) in [6, 6.07) is 11.8. The summed E-state index contributed by atoms with van der Waals surface area (Å²) in [5, 5.41) is 2.68. The molecule has 0 heterocycles. The first-order valence-electron chi connectivity index (χ1n) is 10.3. The molecule has 0 unspecified atom stereocenters. The first-order chi connectivity index (χ1) is 15.7. The summed E-state index contributed by atoms with van der Waals surface area (Å²) in [7, 11) is -2.42. The molecule has 11 heteroatoms. The van der Waals surface area contributed by atoms with Crippen LogP contribution < -0.4 is 25.6 Å². The van der Waals surface area contributed by atoms with Gasteiger partial charge in [0.1, 0.15) is 5.75 Å². The minimum Gasteiger partial charge on any atom is -0.497 e. The largest absolute Gasteiger partial charge is 0.497 e. The predicted octanol–water partition coefficient (Wildman–Crippen LogP) is 1.95. The third-order valence-electron chi connectivity index (χ3n) is 4.52. The van der Waals surface area contributed by atoms with E-state index in [1.807, 2.05) is 0 Å². The third-order valence-corrected chi connectivity index (χ3v) is 5.90. The van der Waals surface area contributed by atoms with E-state index in [1.165, 1.54) is 38.3 Å². The number of carbonyl (C=O) groups excluding carboxylic acids is 3. The van der Waals surface area contributed by atoms with Crippen LogP contribution in [-0.4, -0.2) is 39.8 Å². The maximum atomic E-state index is 12.7. The van der Waals surface area contributed by atoms with Crippen LogP contribution in [0, 0.1) is 0 Å². The molecule has 0 atom stereocenters. The lowest BCUT2D eigenvalue weighted by Gasteiger charge is -2.11. The van der Waals surface area contributed by atoms with E-state index in [1.54, 1.807) is 24.3 Å². The van der Waals surface area contributed by atoms with Gasteiger partial charge in [-0.05, 0) is 55.3 Å². The van der Waals surface area contributed by atoms with Crippen LogP contribution in [0.2, 0.25) is 0 Å². The van der Waals surface area contributed by atoms with Gasteiger partial charge in [0.25, 0.3) is 15.9 Å². The second kappa shape index (κ2) is 12.4. The van der Waals surface area contributed by atoms with Crippen molar-refractivity contribution in [2.45, 2.75) is 37.5 Å². The van der Waals surface area contributed by atoms with Crippen molar-refractivity contribution >= 4 is 33.4 Å². The molecule has 0 aliphatic carbocycles. The van der Waals surface area contributed by atoms with Gasteiger partial charge < -0.3 is 10.1 Å². The summed E-state index contributed by atoms with van der Waals surface area (Å²) >= 11 is 0. The van der Waals surface area contributed by atoms with Crippen molar-refractivity contribution in [3.63, 3.8) is 0 Å². The monoisotopic (exact) mass is 476 g/mol. The lowest BCUT2D eigenvalue weighted by atomic mass is 10.2. The van der Waals surface area contributed by atoms with Gasteiger partial charge in [-0.2, -0.15) is 0 Å². The number of methoxy groups -OCH3 is 1. The van der Waals surface area contributed by atoms with Crippen LogP contribution in [-0.2, 0) is 19.6 Å². The molecule has 3 amide bonds. The maximum absolute atomic E-state index is 12.7. The van der Waals surface area contributed by atoms with Gasteiger partial charge in [-0.1, -0.05) is 12.5 Å². The fraction of sp³-hybridized carbons (Fsp3) is 0.318. The Bertz CT molecular complexity index is 1070. The average Bonchev–Trinajstić information content (AvgIpc) is 2.80.